The number of nitrogens with two attached hydrogens (primary N) is 1. The van der Waals surface area contributed by atoms with E-state index in [1.54, 1.807) is 0 Å². The first-order valence-corrected chi connectivity index (χ1v) is 7.66. The zero-order valence-corrected chi connectivity index (χ0v) is 13.1. The molecule has 1 aromatic carbocycles. The SMILES string of the molecule is CC1CC(C)CN(C(CN)c2cc(Cl)ccc2Cl)C1. The molecule has 2 N–H and O–H groups in total. The van der Waals surface area contributed by atoms with Crippen LogP contribution in [0.5, 0.6) is 0 Å². The molecular weight excluding hydrogens is 279 g/mol. The average Bonchev–Trinajstić information content (AvgIpc) is 2.33. The Morgan fingerprint density at radius 1 is 1.26 bits per heavy atom. The number of nitrogens with zero attached hydrogens (tertiary/aromatic N) is 1. The van der Waals surface area contributed by atoms with Crippen LogP contribution < -0.4 is 5.73 Å². The summed E-state index contributed by atoms with van der Waals surface area (Å²) in [5.74, 6) is 1.41. The van der Waals surface area contributed by atoms with Gasteiger partial charge in [0.25, 0.3) is 0 Å². The van der Waals surface area contributed by atoms with Gasteiger partial charge >= 0.3 is 0 Å². The van der Waals surface area contributed by atoms with Crippen molar-refractivity contribution in [2.75, 3.05) is 19.6 Å². The summed E-state index contributed by atoms with van der Waals surface area (Å²) < 4.78 is 0. The molecule has 0 spiro atoms. The van der Waals surface area contributed by atoms with Gasteiger partial charge in [-0.1, -0.05) is 37.0 Å². The number of piperidine rings is 1. The Kier molecular flexibility index (Phi) is 5.13. The average molecular weight is 301 g/mol. The largest absolute Gasteiger partial charge is 0.329 e. The Morgan fingerprint density at radius 3 is 2.47 bits per heavy atom. The molecule has 1 aliphatic rings. The Hall–Kier alpha value is -0.280. The first-order chi connectivity index (χ1) is 9.01. The maximum absolute atomic E-state index is 6.32. The molecule has 0 aliphatic carbocycles. The minimum Gasteiger partial charge on any atom is -0.329 e. The summed E-state index contributed by atoms with van der Waals surface area (Å²) in [6.07, 6.45) is 1.29. The molecule has 19 heavy (non-hydrogen) atoms. The van der Waals surface area contributed by atoms with E-state index in [-0.39, 0.29) is 6.04 Å². The third kappa shape index (κ3) is 3.63. The van der Waals surface area contributed by atoms with Crippen molar-refractivity contribution >= 4 is 23.2 Å². The van der Waals surface area contributed by atoms with E-state index in [0.717, 1.165) is 28.7 Å². The lowest BCUT2D eigenvalue weighted by Crippen LogP contribution is -2.43. The van der Waals surface area contributed by atoms with Gasteiger partial charge in [-0.15, -0.1) is 0 Å². The standard InChI is InChI=1S/C15H22Cl2N2/c1-10-5-11(2)9-19(8-10)15(7-18)13-6-12(16)3-4-14(13)17/h3-4,6,10-11,15H,5,7-9,18H2,1-2H3. The summed E-state index contributed by atoms with van der Waals surface area (Å²) in [6.45, 7) is 7.33. The second-order valence-electron chi connectivity index (χ2n) is 5.82. The molecule has 0 bridgehead atoms. The normalized spacial score (nSPS) is 26.4. The quantitative estimate of drug-likeness (QED) is 0.915. The molecule has 0 radical (unpaired) electrons. The fraction of sp³-hybridized carbons (Fsp3) is 0.600. The number of rotatable bonds is 3. The highest BCUT2D eigenvalue weighted by Crippen LogP contribution is 2.33. The van der Waals surface area contributed by atoms with Gasteiger partial charge in [0.2, 0.25) is 0 Å². The van der Waals surface area contributed by atoms with Crippen LogP contribution in [0.15, 0.2) is 18.2 Å². The molecular formula is C15H22Cl2N2. The van der Waals surface area contributed by atoms with E-state index in [4.69, 9.17) is 28.9 Å². The summed E-state index contributed by atoms with van der Waals surface area (Å²) in [6, 6.07) is 5.79. The second kappa shape index (κ2) is 6.45. The van der Waals surface area contributed by atoms with Crippen molar-refractivity contribution in [2.24, 2.45) is 17.6 Å². The van der Waals surface area contributed by atoms with Crippen molar-refractivity contribution in [3.05, 3.63) is 33.8 Å². The Morgan fingerprint density at radius 2 is 1.89 bits per heavy atom. The van der Waals surface area contributed by atoms with Crippen molar-refractivity contribution in [3.8, 4) is 0 Å². The van der Waals surface area contributed by atoms with E-state index < -0.39 is 0 Å². The molecule has 1 saturated heterocycles. The minimum absolute atomic E-state index is 0.163. The monoisotopic (exact) mass is 300 g/mol. The van der Waals surface area contributed by atoms with Crippen LogP contribution in [-0.4, -0.2) is 24.5 Å². The second-order valence-corrected chi connectivity index (χ2v) is 6.66. The molecule has 1 heterocycles. The van der Waals surface area contributed by atoms with Crippen LogP contribution in [-0.2, 0) is 0 Å². The molecule has 106 valence electrons. The number of hydrogen-bond donors (Lipinski definition) is 1. The van der Waals surface area contributed by atoms with Crippen molar-refractivity contribution in [1.82, 2.24) is 4.90 Å². The lowest BCUT2D eigenvalue weighted by atomic mass is 9.89. The number of hydrogen-bond acceptors (Lipinski definition) is 2. The molecule has 2 nitrogen and oxygen atoms in total. The highest BCUT2D eigenvalue weighted by atomic mass is 35.5. The van der Waals surface area contributed by atoms with Gasteiger partial charge in [0.15, 0.2) is 0 Å². The summed E-state index contributed by atoms with van der Waals surface area (Å²) in [4.78, 5) is 2.45. The summed E-state index contributed by atoms with van der Waals surface area (Å²) >= 11 is 12.4. The van der Waals surface area contributed by atoms with Crippen LogP contribution in [0.3, 0.4) is 0 Å². The predicted molar refractivity (Wildman–Crippen MR) is 82.8 cm³/mol. The molecule has 1 aliphatic heterocycles. The van der Waals surface area contributed by atoms with Crippen molar-refractivity contribution in [3.63, 3.8) is 0 Å². The van der Waals surface area contributed by atoms with Crippen molar-refractivity contribution < 1.29 is 0 Å². The molecule has 1 fully saturated rings. The topological polar surface area (TPSA) is 29.3 Å². The Labute approximate surface area is 125 Å². The molecule has 3 atom stereocenters. The van der Waals surface area contributed by atoms with Crippen LogP contribution in [0.2, 0.25) is 10.0 Å². The maximum Gasteiger partial charge on any atom is 0.0485 e. The highest BCUT2D eigenvalue weighted by molar-refractivity contribution is 6.33. The van der Waals surface area contributed by atoms with Gasteiger partial charge in [0.05, 0.1) is 0 Å². The molecule has 2 rings (SSSR count). The van der Waals surface area contributed by atoms with E-state index in [1.807, 2.05) is 18.2 Å². The third-order valence-corrected chi connectivity index (χ3v) is 4.46. The van der Waals surface area contributed by atoms with Crippen LogP contribution in [0.1, 0.15) is 31.9 Å². The van der Waals surface area contributed by atoms with Gasteiger partial charge in [-0.05, 0) is 42.0 Å². The molecule has 0 aromatic heterocycles. The van der Waals surface area contributed by atoms with Crippen molar-refractivity contribution in [2.45, 2.75) is 26.3 Å². The van der Waals surface area contributed by atoms with Gasteiger partial charge in [0.1, 0.15) is 0 Å². The lowest BCUT2D eigenvalue weighted by molar-refractivity contribution is 0.0984. The summed E-state index contributed by atoms with van der Waals surface area (Å²) in [5, 5.41) is 1.47. The van der Waals surface area contributed by atoms with E-state index in [9.17, 15) is 0 Å². The van der Waals surface area contributed by atoms with E-state index >= 15 is 0 Å². The fourth-order valence-corrected chi connectivity index (χ4v) is 3.63. The first-order valence-electron chi connectivity index (χ1n) is 6.90. The van der Waals surface area contributed by atoms with E-state index in [1.165, 1.54) is 6.42 Å². The molecule has 0 amide bonds. The number of likely N-dealkylation sites (tertiary alicyclic amines) is 1. The van der Waals surface area contributed by atoms with Crippen LogP contribution in [0.25, 0.3) is 0 Å². The lowest BCUT2D eigenvalue weighted by Gasteiger charge is -2.40. The third-order valence-electron chi connectivity index (χ3n) is 3.88. The Bertz CT molecular complexity index is 426. The zero-order chi connectivity index (χ0) is 14.0. The van der Waals surface area contributed by atoms with Gasteiger partial charge in [-0.3, -0.25) is 4.90 Å². The smallest absolute Gasteiger partial charge is 0.0485 e. The molecule has 0 saturated carbocycles. The number of benzene rings is 1. The first kappa shape index (κ1) is 15.1. The zero-order valence-electron chi connectivity index (χ0n) is 11.6. The van der Waals surface area contributed by atoms with Gasteiger partial charge < -0.3 is 5.73 Å². The number of halogens is 2. The van der Waals surface area contributed by atoms with E-state index in [0.29, 0.717) is 18.4 Å². The van der Waals surface area contributed by atoms with Gasteiger partial charge in [-0.2, -0.15) is 0 Å². The van der Waals surface area contributed by atoms with Crippen LogP contribution in [0, 0.1) is 11.8 Å². The van der Waals surface area contributed by atoms with Gasteiger partial charge in [-0.25, -0.2) is 0 Å². The summed E-state index contributed by atoms with van der Waals surface area (Å²) in [7, 11) is 0. The van der Waals surface area contributed by atoms with Crippen LogP contribution in [0.4, 0.5) is 0 Å². The summed E-state index contributed by atoms with van der Waals surface area (Å²) in [5.41, 5.74) is 7.06. The highest BCUT2D eigenvalue weighted by Gasteiger charge is 2.28. The fourth-order valence-electron chi connectivity index (χ4n) is 3.21. The van der Waals surface area contributed by atoms with E-state index in [2.05, 4.69) is 18.7 Å². The van der Waals surface area contributed by atoms with Gasteiger partial charge in [0, 0.05) is 35.7 Å². The predicted octanol–water partition coefficient (Wildman–Crippen LogP) is 3.97. The van der Waals surface area contributed by atoms with Crippen molar-refractivity contribution in [1.29, 1.82) is 0 Å². The Balaban J connectivity index is 2.26. The molecule has 4 heteroatoms. The minimum atomic E-state index is 0.163. The molecule has 1 aromatic rings. The maximum atomic E-state index is 6.32. The molecule has 3 unspecified atom stereocenters. The van der Waals surface area contributed by atoms with Crippen LogP contribution >= 0.6 is 23.2 Å².